The monoisotopic (exact) mass is 142 g/mol. The molecule has 9 heavy (non-hydrogen) atoms. The van der Waals surface area contributed by atoms with E-state index in [9.17, 15) is 0 Å². The summed E-state index contributed by atoms with van der Waals surface area (Å²) in [6.45, 7) is 2.13. The van der Waals surface area contributed by atoms with E-state index in [1.165, 1.54) is 11.8 Å². The molecule has 0 unspecified atom stereocenters. The standard InChI is InChI=1S/C6H8NOS/c1-5-6(2-3-8)9-4-7-5/h8H,2-3H2,1H3/q+1. The van der Waals surface area contributed by atoms with Crippen molar-refractivity contribution in [1.29, 1.82) is 0 Å². The van der Waals surface area contributed by atoms with E-state index in [2.05, 4.69) is 10.5 Å². The molecule has 0 bridgehead atoms. The molecule has 0 aromatic heterocycles. The number of hydrogen-bond donors (Lipinski definition) is 1. The van der Waals surface area contributed by atoms with Crippen LogP contribution in [0.3, 0.4) is 0 Å². The molecule has 0 saturated heterocycles. The Bertz CT molecular complexity index is 162. The van der Waals surface area contributed by atoms with Gasteiger partial charge in [-0.3, -0.25) is 0 Å². The molecule has 1 rings (SSSR count). The summed E-state index contributed by atoms with van der Waals surface area (Å²) in [6.07, 6.45) is 0.715. The lowest BCUT2D eigenvalue weighted by Gasteiger charge is -1.86. The van der Waals surface area contributed by atoms with Gasteiger partial charge in [0.1, 0.15) is 16.7 Å². The number of aliphatic imine (C=N–C) groups is 1. The first-order chi connectivity index (χ1) is 4.34. The van der Waals surface area contributed by atoms with E-state index in [4.69, 9.17) is 5.11 Å². The van der Waals surface area contributed by atoms with Gasteiger partial charge in [0.05, 0.1) is 0 Å². The maximum absolute atomic E-state index is 8.53. The molecule has 0 aromatic rings. The summed E-state index contributed by atoms with van der Waals surface area (Å²) in [6, 6.07) is 0. The maximum Gasteiger partial charge on any atom is 0.272 e. The first-order valence-electron chi connectivity index (χ1n) is 2.78. The van der Waals surface area contributed by atoms with Gasteiger partial charge in [0.25, 0.3) is 5.55 Å². The fourth-order valence-electron chi connectivity index (χ4n) is 0.616. The topological polar surface area (TPSA) is 32.6 Å². The van der Waals surface area contributed by atoms with Crippen LogP contribution >= 0.6 is 11.8 Å². The fraction of sp³-hybridized carbons (Fsp3) is 0.500. The lowest BCUT2D eigenvalue weighted by molar-refractivity contribution is 0.301. The van der Waals surface area contributed by atoms with Gasteiger partial charge in [-0.1, -0.05) is 0 Å². The number of nitrogens with zero attached hydrogens (tertiary/aromatic N) is 1. The number of hydrogen-bond acceptors (Lipinski definition) is 3. The second-order valence-electron chi connectivity index (χ2n) is 1.79. The lowest BCUT2D eigenvalue weighted by Crippen LogP contribution is -1.83. The van der Waals surface area contributed by atoms with Crippen LogP contribution < -0.4 is 0 Å². The Balaban J connectivity index is 2.51. The van der Waals surface area contributed by atoms with Crippen LogP contribution in [-0.2, 0) is 0 Å². The zero-order chi connectivity index (χ0) is 6.69. The molecule has 1 heterocycles. The minimum Gasteiger partial charge on any atom is -0.396 e. The Kier molecular flexibility index (Phi) is 2.22. The average Bonchev–Trinajstić information content (AvgIpc) is 2.18. The summed E-state index contributed by atoms with van der Waals surface area (Å²) < 4.78 is 0. The van der Waals surface area contributed by atoms with Crippen LogP contribution in [0.4, 0.5) is 0 Å². The second kappa shape index (κ2) is 2.97. The number of aliphatic hydroxyl groups excluding tert-OH is 1. The van der Waals surface area contributed by atoms with Crippen molar-refractivity contribution in [2.24, 2.45) is 4.99 Å². The van der Waals surface area contributed by atoms with Crippen molar-refractivity contribution < 1.29 is 5.11 Å². The van der Waals surface area contributed by atoms with Crippen LogP contribution in [0.15, 0.2) is 15.6 Å². The maximum atomic E-state index is 8.53. The molecule has 0 aromatic carbocycles. The van der Waals surface area contributed by atoms with Crippen molar-refractivity contribution in [1.82, 2.24) is 0 Å². The van der Waals surface area contributed by atoms with E-state index in [0.29, 0.717) is 6.42 Å². The summed E-state index contributed by atoms with van der Waals surface area (Å²) in [7, 11) is 0. The molecule has 1 N–H and O–H groups in total. The van der Waals surface area contributed by atoms with E-state index in [0.717, 1.165) is 10.6 Å². The van der Waals surface area contributed by atoms with E-state index < -0.39 is 0 Å². The van der Waals surface area contributed by atoms with Gasteiger partial charge in [-0.05, 0) is 0 Å². The largest absolute Gasteiger partial charge is 0.396 e. The molecule has 0 saturated carbocycles. The minimum absolute atomic E-state index is 0.205. The number of allylic oxidation sites excluding steroid dienone is 1. The van der Waals surface area contributed by atoms with Crippen molar-refractivity contribution in [3.8, 4) is 0 Å². The molecule has 0 radical (unpaired) electrons. The molecule has 0 spiro atoms. The van der Waals surface area contributed by atoms with Gasteiger partial charge >= 0.3 is 0 Å². The molecule has 1 aliphatic heterocycles. The van der Waals surface area contributed by atoms with Crippen LogP contribution in [0.1, 0.15) is 13.3 Å². The van der Waals surface area contributed by atoms with Crippen LogP contribution in [0, 0.1) is 0 Å². The fourth-order valence-corrected chi connectivity index (χ4v) is 1.30. The highest BCUT2D eigenvalue weighted by atomic mass is 32.2. The van der Waals surface area contributed by atoms with Crippen molar-refractivity contribution in [2.75, 3.05) is 6.61 Å². The molecule has 2 nitrogen and oxygen atoms in total. The Morgan fingerprint density at radius 1 is 1.78 bits per heavy atom. The van der Waals surface area contributed by atoms with Crippen molar-refractivity contribution in [3.63, 3.8) is 0 Å². The number of aliphatic hydroxyl groups is 1. The van der Waals surface area contributed by atoms with Gasteiger partial charge in [0.15, 0.2) is 5.70 Å². The first-order valence-corrected chi connectivity index (χ1v) is 3.59. The summed E-state index contributed by atoms with van der Waals surface area (Å²) >= 11 is 1.48. The molecule has 0 fully saturated rings. The molecule has 0 amide bonds. The third-order valence-corrected chi connectivity index (χ3v) is 2.05. The third kappa shape index (κ3) is 1.52. The molecule has 3 heteroatoms. The summed E-state index contributed by atoms with van der Waals surface area (Å²) in [4.78, 5) is 5.05. The van der Waals surface area contributed by atoms with Gasteiger partial charge in [0, 0.05) is 24.9 Å². The second-order valence-corrected chi connectivity index (χ2v) is 2.67. The highest BCUT2D eigenvalue weighted by Crippen LogP contribution is 2.26. The predicted molar refractivity (Wildman–Crippen MR) is 39.4 cm³/mol. The number of thioether (sulfide) groups is 1. The van der Waals surface area contributed by atoms with Crippen molar-refractivity contribution >= 4 is 17.3 Å². The van der Waals surface area contributed by atoms with Gasteiger partial charge in [-0.25, -0.2) is 0 Å². The van der Waals surface area contributed by atoms with Crippen LogP contribution in [0.2, 0.25) is 0 Å². The van der Waals surface area contributed by atoms with Gasteiger partial charge < -0.3 is 5.11 Å². The minimum atomic E-state index is 0.205. The SMILES string of the molecule is CC1=C(CCO)S[C+]=N1. The molecular weight excluding hydrogens is 134 g/mol. The quantitative estimate of drug-likeness (QED) is 0.588. The first kappa shape index (κ1) is 6.75. The predicted octanol–water partition coefficient (Wildman–Crippen LogP) is 1.25. The Morgan fingerprint density at radius 2 is 2.56 bits per heavy atom. The van der Waals surface area contributed by atoms with Crippen LogP contribution in [0.5, 0.6) is 0 Å². The molecule has 0 aliphatic carbocycles. The molecule has 0 atom stereocenters. The highest BCUT2D eigenvalue weighted by Gasteiger charge is 2.18. The highest BCUT2D eigenvalue weighted by molar-refractivity contribution is 8.15. The van der Waals surface area contributed by atoms with Gasteiger partial charge in [-0.15, -0.1) is 0 Å². The summed E-state index contributed by atoms with van der Waals surface area (Å²) in [5, 5.41) is 8.53. The lowest BCUT2D eigenvalue weighted by atomic mass is 10.3. The number of rotatable bonds is 2. The van der Waals surface area contributed by atoms with E-state index in [1.54, 1.807) is 0 Å². The van der Waals surface area contributed by atoms with Crippen molar-refractivity contribution in [3.05, 3.63) is 10.6 Å². The van der Waals surface area contributed by atoms with Gasteiger partial charge in [0.2, 0.25) is 0 Å². The third-order valence-electron chi connectivity index (χ3n) is 1.12. The Morgan fingerprint density at radius 3 is 3.00 bits per heavy atom. The van der Waals surface area contributed by atoms with E-state index in [-0.39, 0.29) is 6.61 Å². The zero-order valence-corrected chi connectivity index (χ0v) is 6.03. The van der Waals surface area contributed by atoms with Crippen LogP contribution in [-0.4, -0.2) is 17.3 Å². The van der Waals surface area contributed by atoms with E-state index >= 15 is 0 Å². The zero-order valence-electron chi connectivity index (χ0n) is 5.22. The summed E-state index contributed by atoms with van der Waals surface area (Å²) in [5.74, 6) is 0. The Hall–Kier alpha value is -0.370. The van der Waals surface area contributed by atoms with E-state index in [1.807, 2.05) is 6.92 Å². The normalized spacial score (nSPS) is 16.7. The van der Waals surface area contributed by atoms with Crippen molar-refractivity contribution in [2.45, 2.75) is 13.3 Å². The summed E-state index contributed by atoms with van der Waals surface area (Å²) in [5.41, 5.74) is 3.76. The molecule has 1 aliphatic rings. The van der Waals surface area contributed by atoms with Crippen LogP contribution in [0.25, 0.3) is 0 Å². The molecule has 48 valence electrons. The average molecular weight is 142 g/mol. The molecular formula is C6H8NOS+. The Labute approximate surface area is 58.7 Å². The smallest absolute Gasteiger partial charge is 0.272 e. The van der Waals surface area contributed by atoms with Gasteiger partial charge in [-0.2, -0.15) is 0 Å².